The smallest absolute Gasteiger partial charge is 0.172 e. The Bertz CT molecular complexity index is 272. The van der Waals surface area contributed by atoms with Crippen molar-refractivity contribution in [3.8, 4) is 11.5 Å². The fourth-order valence-electron chi connectivity index (χ4n) is 1.19. The highest BCUT2D eigenvalue weighted by Crippen LogP contribution is 2.35. The molecule has 0 N–H and O–H groups in total. The molecule has 0 amide bonds. The van der Waals surface area contributed by atoms with Crippen LogP contribution in [-0.4, -0.2) is 25.9 Å². The summed E-state index contributed by atoms with van der Waals surface area (Å²) in [6.45, 7) is 3.88. The number of hydrogen-bond donors (Lipinski definition) is 0. The van der Waals surface area contributed by atoms with Crippen LogP contribution in [0.2, 0.25) is 0 Å². The van der Waals surface area contributed by atoms with E-state index in [0.717, 1.165) is 18.1 Å². The molecule has 0 spiro atoms. The molecule has 1 atom stereocenters. The molecule has 0 saturated carbocycles. The number of fused-ring (bicyclic) bond motifs is 1. The average Bonchev–Trinajstić information content (AvgIpc) is 2.61. The van der Waals surface area contributed by atoms with Crippen LogP contribution in [0.25, 0.3) is 0 Å². The summed E-state index contributed by atoms with van der Waals surface area (Å²) in [6, 6.07) is 0. The molecule has 2 rings (SSSR count). The number of thiophene rings is 1. The van der Waals surface area contributed by atoms with Crippen molar-refractivity contribution in [2.45, 2.75) is 13.0 Å². The molecule has 1 aromatic rings. The molecule has 0 fully saturated rings. The standard InChI is InChI=1S/C9H12O3S/c1-2-10-3-7-4-11-8-5-13-6-9(8)12-7/h5-7H,2-4H2,1H3. The Hall–Kier alpha value is -0.740. The molecule has 3 nitrogen and oxygen atoms in total. The molecule has 13 heavy (non-hydrogen) atoms. The quantitative estimate of drug-likeness (QED) is 0.746. The largest absolute Gasteiger partial charge is 0.485 e. The molecule has 72 valence electrons. The molecular weight excluding hydrogens is 188 g/mol. The van der Waals surface area contributed by atoms with Gasteiger partial charge < -0.3 is 14.2 Å². The summed E-state index contributed by atoms with van der Waals surface area (Å²) in [5.74, 6) is 1.71. The van der Waals surface area contributed by atoms with E-state index < -0.39 is 0 Å². The summed E-state index contributed by atoms with van der Waals surface area (Å²) < 4.78 is 16.4. The van der Waals surface area contributed by atoms with Crippen molar-refractivity contribution in [3.63, 3.8) is 0 Å². The zero-order chi connectivity index (χ0) is 9.10. The van der Waals surface area contributed by atoms with Gasteiger partial charge in [0.05, 0.1) is 6.61 Å². The van der Waals surface area contributed by atoms with Gasteiger partial charge in [0.25, 0.3) is 0 Å². The number of ether oxygens (including phenoxy) is 3. The lowest BCUT2D eigenvalue weighted by Crippen LogP contribution is -2.32. The highest BCUT2D eigenvalue weighted by molar-refractivity contribution is 7.08. The van der Waals surface area contributed by atoms with E-state index in [4.69, 9.17) is 14.2 Å². The Labute approximate surface area is 81.2 Å². The molecule has 1 aromatic heterocycles. The molecule has 0 bridgehead atoms. The zero-order valence-electron chi connectivity index (χ0n) is 7.49. The van der Waals surface area contributed by atoms with Crippen molar-refractivity contribution < 1.29 is 14.2 Å². The van der Waals surface area contributed by atoms with Gasteiger partial charge in [-0.3, -0.25) is 0 Å². The van der Waals surface area contributed by atoms with Crippen LogP contribution in [0.3, 0.4) is 0 Å². The monoisotopic (exact) mass is 200 g/mol. The van der Waals surface area contributed by atoms with E-state index in [0.29, 0.717) is 13.2 Å². The van der Waals surface area contributed by atoms with Gasteiger partial charge in [0.15, 0.2) is 17.6 Å². The minimum Gasteiger partial charge on any atom is -0.485 e. The second-order valence-electron chi connectivity index (χ2n) is 2.81. The van der Waals surface area contributed by atoms with Crippen LogP contribution < -0.4 is 9.47 Å². The Balaban J connectivity index is 1.93. The lowest BCUT2D eigenvalue weighted by molar-refractivity contribution is 0.0134. The number of rotatable bonds is 3. The second kappa shape index (κ2) is 3.98. The highest BCUT2D eigenvalue weighted by atomic mass is 32.1. The van der Waals surface area contributed by atoms with Gasteiger partial charge in [-0.05, 0) is 6.92 Å². The van der Waals surface area contributed by atoms with Crippen molar-refractivity contribution in [2.75, 3.05) is 19.8 Å². The minimum absolute atomic E-state index is 0.0436. The van der Waals surface area contributed by atoms with Gasteiger partial charge in [-0.2, -0.15) is 0 Å². The van der Waals surface area contributed by atoms with Gasteiger partial charge in [-0.25, -0.2) is 0 Å². The highest BCUT2D eigenvalue weighted by Gasteiger charge is 2.21. The first-order chi connectivity index (χ1) is 6.40. The van der Waals surface area contributed by atoms with Crippen molar-refractivity contribution in [1.82, 2.24) is 0 Å². The molecule has 2 heterocycles. The third-order valence-corrected chi connectivity index (χ3v) is 2.52. The molecule has 1 aliphatic rings. The molecular formula is C9H12O3S. The molecule has 1 aliphatic heterocycles. The van der Waals surface area contributed by atoms with E-state index >= 15 is 0 Å². The van der Waals surface area contributed by atoms with Crippen LogP contribution >= 0.6 is 11.3 Å². The number of hydrogen-bond acceptors (Lipinski definition) is 4. The van der Waals surface area contributed by atoms with E-state index in [9.17, 15) is 0 Å². The first-order valence-corrected chi connectivity index (χ1v) is 5.28. The zero-order valence-corrected chi connectivity index (χ0v) is 8.30. The maximum absolute atomic E-state index is 5.63. The van der Waals surface area contributed by atoms with Crippen LogP contribution in [0, 0.1) is 0 Å². The van der Waals surface area contributed by atoms with Crippen LogP contribution in [0.1, 0.15) is 6.92 Å². The predicted molar refractivity (Wildman–Crippen MR) is 50.7 cm³/mol. The SMILES string of the molecule is CCOCC1COc2cscc2O1. The van der Waals surface area contributed by atoms with E-state index in [2.05, 4.69) is 0 Å². The summed E-state index contributed by atoms with van der Waals surface area (Å²) in [7, 11) is 0. The topological polar surface area (TPSA) is 27.7 Å². The lowest BCUT2D eigenvalue weighted by Gasteiger charge is -2.23. The summed E-state index contributed by atoms with van der Waals surface area (Å²) in [6.07, 6.45) is 0.0436. The van der Waals surface area contributed by atoms with E-state index in [-0.39, 0.29) is 6.10 Å². The molecule has 0 saturated heterocycles. The van der Waals surface area contributed by atoms with E-state index in [1.54, 1.807) is 11.3 Å². The maximum atomic E-state index is 5.63. The predicted octanol–water partition coefficient (Wildman–Crippen LogP) is 1.92. The Morgan fingerprint density at radius 3 is 3.23 bits per heavy atom. The molecule has 4 heteroatoms. The fourth-order valence-corrected chi connectivity index (χ4v) is 1.86. The van der Waals surface area contributed by atoms with Crippen LogP contribution in [0.4, 0.5) is 0 Å². The van der Waals surface area contributed by atoms with Gasteiger partial charge >= 0.3 is 0 Å². The summed E-state index contributed by atoms with van der Waals surface area (Å²) in [5, 5.41) is 3.90. The van der Waals surface area contributed by atoms with Crippen LogP contribution in [-0.2, 0) is 4.74 Å². The first kappa shape index (κ1) is 8.84. The molecule has 0 aliphatic carbocycles. The third-order valence-electron chi connectivity index (χ3n) is 1.82. The van der Waals surface area contributed by atoms with Gasteiger partial charge in [-0.1, -0.05) is 0 Å². The van der Waals surface area contributed by atoms with Crippen LogP contribution in [0.5, 0.6) is 11.5 Å². The average molecular weight is 200 g/mol. The molecule has 0 radical (unpaired) electrons. The molecule has 1 unspecified atom stereocenters. The van der Waals surface area contributed by atoms with E-state index in [1.165, 1.54) is 0 Å². The summed E-state index contributed by atoms with van der Waals surface area (Å²) in [4.78, 5) is 0. The van der Waals surface area contributed by atoms with Crippen molar-refractivity contribution in [3.05, 3.63) is 10.8 Å². The second-order valence-corrected chi connectivity index (χ2v) is 3.55. The van der Waals surface area contributed by atoms with Gasteiger partial charge in [0.1, 0.15) is 6.61 Å². The molecule has 0 aromatic carbocycles. The Kier molecular flexibility index (Phi) is 2.71. The first-order valence-electron chi connectivity index (χ1n) is 4.33. The Morgan fingerprint density at radius 1 is 1.54 bits per heavy atom. The Morgan fingerprint density at radius 2 is 2.38 bits per heavy atom. The van der Waals surface area contributed by atoms with E-state index in [1.807, 2.05) is 17.7 Å². The van der Waals surface area contributed by atoms with Crippen molar-refractivity contribution in [1.29, 1.82) is 0 Å². The third kappa shape index (κ3) is 1.95. The van der Waals surface area contributed by atoms with Crippen molar-refractivity contribution in [2.24, 2.45) is 0 Å². The van der Waals surface area contributed by atoms with Gasteiger partial charge in [-0.15, -0.1) is 11.3 Å². The summed E-state index contributed by atoms with van der Waals surface area (Å²) >= 11 is 1.59. The van der Waals surface area contributed by atoms with Crippen LogP contribution in [0.15, 0.2) is 10.8 Å². The lowest BCUT2D eigenvalue weighted by atomic mass is 10.3. The maximum Gasteiger partial charge on any atom is 0.172 e. The normalized spacial score (nSPS) is 20.2. The fraction of sp³-hybridized carbons (Fsp3) is 0.556. The van der Waals surface area contributed by atoms with Gasteiger partial charge in [0.2, 0.25) is 0 Å². The van der Waals surface area contributed by atoms with Gasteiger partial charge in [0, 0.05) is 17.4 Å². The summed E-state index contributed by atoms with van der Waals surface area (Å²) in [5.41, 5.74) is 0. The van der Waals surface area contributed by atoms with Crippen molar-refractivity contribution >= 4 is 11.3 Å². The minimum atomic E-state index is 0.0436.